The van der Waals surface area contributed by atoms with E-state index >= 15 is 0 Å². The smallest absolute Gasteiger partial charge is 0.0612 e. The normalized spacial score (nSPS) is 60.2. The standard InChI is InChI=1S/C22H38O2/c1-13-11-22(4)15(10-18(13)23)7-8-16-17-9-6-14(2)21(17,3)12-19(24-5)20(16)22/h13-20,23H,6-12H2,1-5H3/t13-,14-,15+,16+,17+,18+,19+,20-,21-,22+/m1/s1. The van der Waals surface area contributed by atoms with Gasteiger partial charge in [-0.25, -0.2) is 0 Å². The molecule has 0 heterocycles. The van der Waals surface area contributed by atoms with Gasteiger partial charge in [0.05, 0.1) is 12.2 Å². The van der Waals surface area contributed by atoms with Crippen LogP contribution in [0.5, 0.6) is 0 Å². The molecule has 0 unspecified atom stereocenters. The van der Waals surface area contributed by atoms with Crippen molar-refractivity contribution in [3.63, 3.8) is 0 Å². The molecule has 0 amide bonds. The molecule has 4 rings (SSSR count). The zero-order valence-corrected chi connectivity index (χ0v) is 16.4. The molecular weight excluding hydrogens is 296 g/mol. The number of hydrogen-bond acceptors (Lipinski definition) is 2. The minimum Gasteiger partial charge on any atom is -0.393 e. The first-order valence-electron chi connectivity index (χ1n) is 10.5. The van der Waals surface area contributed by atoms with E-state index in [2.05, 4.69) is 27.7 Å². The first-order chi connectivity index (χ1) is 11.3. The van der Waals surface area contributed by atoms with Crippen LogP contribution in [0.25, 0.3) is 0 Å². The van der Waals surface area contributed by atoms with Crippen molar-refractivity contribution in [2.75, 3.05) is 7.11 Å². The molecule has 0 aromatic rings. The van der Waals surface area contributed by atoms with Gasteiger partial charge in [0, 0.05) is 7.11 Å². The molecule has 4 aliphatic carbocycles. The summed E-state index contributed by atoms with van der Waals surface area (Å²) in [5, 5.41) is 10.4. The Bertz CT molecular complexity index is 490. The Morgan fingerprint density at radius 2 is 1.71 bits per heavy atom. The monoisotopic (exact) mass is 334 g/mol. The molecule has 0 saturated heterocycles. The van der Waals surface area contributed by atoms with E-state index in [1.54, 1.807) is 0 Å². The molecule has 4 fully saturated rings. The highest BCUT2D eigenvalue weighted by atomic mass is 16.5. The predicted octanol–water partition coefficient (Wildman–Crippen LogP) is 4.90. The number of methoxy groups -OCH3 is 1. The van der Waals surface area contributed by atoms with E-state index in [1.165, 1.54) is 38.5 Å². The minimum atomic E-state index is -0.0824. The van der Waals surface area contributed by atoms with Crippen molar-refractivity contribution in [3.05, 3.63) is 0 Å². The van der Waals surface area contributed by atoms with E-state index in [9.17, 15) is 5.11 Å². The molecule has 24 heavy (non-hydrogen) atoms. The second-order valence-corrected chi connectivity index (χ2v) is 10.5. The molecule has 4 aliphatic rings. The summed E-state index contributed by atoms with van der Waals surface area (Å²) >= 11 is 0. The molecule has 2 heteroatoms. The quantitative estimate of drug-likeness (QED) is 0.739. The maximum Gasteiger partial charge on any atom is 0.0612 e. The summed E-state index contributed by atoms with van der Waals surface area (Å²) < 4.78 is 6.20. The van der Waals surface area contributed by atoms with Crippen molar-refractivity contribution in [1.82, 2.24) is 0 Å². The van der Waals surface area contributed by atoms with Gasteiger partial charge in [-0.3, -0.25) is 0 Å². The summed E-state index contributed by atoms with van der Waals surface area (Å²) in [5.74, 6) is 4.45. The van der Waals surface area contributed by atoms with Gasteiger partial charge in [0.25, 0.3) is 0 Å². The third kappa shape index (κ3) is 2.21. The van der Waals surface area contributed by atoms with E-state index in [-0.39, 0.29) is 6.10 Å². The zero-order chi connectivity index (χ0) is 17.3. The Hall–Kier alpha value is -0.0800. The summed E-state index contributed by atoms with van der Waals surface area (Å²) in [7, 11) is 1.96. The van der Waals surface area contributed by atoms with E-state index in [1.807, 2.05) is 7.11 Å². The Kier molecular flexibility index (Phi) is 4.12. The van der Waals surface area contributed by atoms with Gasteiger partial charge >= 0.3 is 0 Å². The van der Waals surface area contributed by atoms with Gasteiger partial charge in [0.1, 0.15) is 0 Å². The van der Waals surface area contributed by atoms with Crippen molar-refractivity contribution in [2.45, 2.75) is 84.8 Å². The lowest BCUT2D eigenvalue weighted by molar-refractivity contribution is -0.192. The van der Waals surface area contributed by atoms with Crippen LogP contribution in [-0.2, 0) is 4.74 Å². The Balaban J connectivity index is 1.71. The fraction of sp³-hybridized carbons (Fsp3) is 1.00. The van der Waals surface area contributed by atoms with Gasteiger partial charge in [-0.15, -0.1) is 0 Å². The van der Waals surface area contributed by atoms with Crippen molar-refractivity contribution < 1.29 is 9.84 Å². The van der Waals surface area contributed by atoms with Crippen LogP contribution >= 0.6 is 0 Å². The second-order valence-electron chi connectivity index (χ2n) is 10.5. The first kappa shape index (κ1) is 17.3. The van der Waals surface area contributed by atoms with E-state index < -0.39 is 0 Å². The molecule has 0 bridgehead atoms. The summed E-state index contributed by atoms with van der Waals surface area (Å²) in [6.45, 7) is 9.88. The fourth-order valence-corrected chi connectivity index (χ4v) is 8.16. The lowest BCUT2D eigenvalue weighted by Gasteiger charge is -2.63. The number of aliphatic hydroxyl groups is 1. The lowest BCUT2D eigenvalue weighted by atomic mass is 9.43. The average molecular weight is 335 g/mol. The second kappa shape index (κ2) is 5.71. The van der Waals surface area contributed by atoms with Crippen LogP contribution in [-0.4, -0.2) is 24.4 Å². The van der Waals surface area contributed by atoms with Crippen molar-refractivity contribution in [1.29, 1.82) is 0 Å². The number of hydrogen-bond donors (Lipinski definition) is 1. The number of aliphatic hydroxyl groups excluding tert-OH is 1. The van der Waals surface area contributed by atoms with Crippen LogP contribution in [0, 0.1) is 46.3 Å². The van der Waals surface area contributed by atoms with Gasteiger partial charge in [0.2, 0.25) is 0 Å². The van der Waals surface area contributed by atoms with Crippen LogP contribution in [0.1, 0.15) is 72.6 Å². The van der Waals surface area contributed by atoms with Crippen LogP contribution in [0.15, 0.2) is 0 Å². The highest BCUT2D eigenvalue weighted by molar-refractivity contribution is 5.12. The van der Waals surface area contributed by atoms with Crippen molar-refractivity contribution in [3.8, 4) is 0 Å². The largest absolute Gasteiger partial charge is 0.393 e. The summed E-state index contributed by atoms with van der Waals surface area (Å²) in [4.78, 5) is 0. The third-order valence-electron chi connectivity index (χ3n) is 9.69. The minimum absolute atomic E-state index is 0.0824. The molecule has 4 saturated carbocycles. The van der Waals surface area contributed by atoms with Crippen LogP contribution in [0.3, 0.4) is 0 Å². The van der Waals surface area contributed by atoms with Crippen LogP contribution < -0.4 is 0 Å². The molecule has 0 aromatic carbocycles. The summed E-state index contributed by atoms with van der Waals surface area (Å²) in [6, 6.07) is 0. The highest BCUT2D eigenvalue weighted by Crippen LogP contribution is 2.68. The molecular formula is C22H38O2. The molecule has 0 radical (unpaired) electrons. The van der Waals surface area contributed by atoms with Crippen molar-refractivity contribution in [2.24, 2.45) is 46.3 Å². The summed E-state index contributed by atoms with van der Waals surface area (Å²) in [6.07, 6.45) is 9.37. The first-order valence-corrected chi connectivity index (χ1v) is 10.5. The number of fused-ring (bicyclic) bond motifs is 5. The number of rotatable bonds is 1. The van der Waals surface area contributed by atoms with Crippen molar-refractivity contribution >= 4 is 0 Å². The Morgan fingerprint density at radius 3 is 2.42 bits per heavy atom. The molecule has 10 atom stereocenters. The third-order valence-corrected chi connectivity index (χ3v) is 9.69. The van der Waals surface area contributed by atoms with Gasteiger partial charge in [0.15, 0.2) is 0 Å². The SMILES string of the molecule is CO[C@H]1C[C@]2(C)[C@H](C)CC[C@H]2[C@@H]2CC[C@H]3C[C@H](O)[C@H](C)C[C@]3(C)[C@H]21. The summed E-state index contributed by atoms with van der Waals surface area (Å²) in [5.41, 5.74) is 0.861. The predicted molar refractivity (Wildman–Crippen MR) is 97.6 cm³/mol. The topological polar surface area (TPSA) is 29.5 Å². The van der Waals surface area contributed by atoms with E-state index in [4.69, 9.17) is 4.74 Å². The maximum atomic E-state index is 10.4. The zero-order valence-electron chi connectivity index (χ0n) is 16.4. The molecule has 1 N–H and O–H groups in total. The Labute approximate surface area is 148 Å². The number of ether oxygens (including phenoxy) is 1. The molecule has 0 aliphatic heterocycles. The van der Waals surface area contributed by atoms with E-state index in [0.717, 1.165) is 24.2 Å². The lowest BCUT2D eigenvalue weighted by Crippen LogP contribution is -2.60. The molecule has 138 valence electrons. The van der Waals surface area contributed by atoms with Crippen LogP contribution in [0.4, 0.5) is 0 Å². The highest BCUT2D eigenvalue weighted by Gasteiger charge is 2.63. The van der Waals surface area contributed by atoms with E-state index in [0.29, 0.717) is 34.7 Å². The van der Waals surface area contributed by atoms with Gasteiger partial charge in [-0.2, -0.15) is 0 Å². The van der Waals surface area contributed by atoms with Crippen LogP contribution in [0.2, 0.25) is 0 Å². The van der Waals surface area contributed by atoms with Gasteiger partial charge in [-0.05, 0) is 91.3 Å². The fourth-order valence-electron chi connectivity index (χ4n) is 8.16. The van der Waals surface area contributed by atoms with Gasteiger partial charge < -0.3 is 9.84 Å². The Morgan fingerprint density at radius 1 is 0.958 bits per heavy atom. The molecule has 2 nitrogen and oxygen atoms in total. The molecule has 0 spiro atoms. The molecule has 0 aromatic heterocycles. The average Bonchev–Trinajstić information content (AvgIpc) is 2.83. The maximum absolute atomic E-state index is 10.4. The van der Waals surface area contributed by atoms with Gasteiger partial charge in [-0.1, -0.05) is 27.7 Å².